The number of likely N-dealkylation sites (tertiary alicyclic amines) is 1. The Hall–Kier alpha value is -1.51. The average molecular weight is 247 g/mol. The molecular weight excluding hydrogens is 226 g/mol. The van der Waals surface area contributed by atoms with Crippen LogP contribution in [0.15, 0.2) is 24.3 Å². The molecule has 1 saturated heterocycles. The lowest BCUT2D eigenvalue weighted by atomic mass is 9.76. The van der Waals surface area contributed by atoms with E-state index in [1.54, 1.807) is 13.0 Å². The summed E-state index contributed by atoms with van der Waals surface area (Å²) in [6.07, 6.45) is 3.13. The molecule has 0 aliphatic carbocycles. The lowest BCUT2D eigenvalue weighted by Crippen LogP contribution is -2.33. The van der Waals surface area contributed by atoms with Crippen LogP contribution < -0.4 is 0 Å². The van der Waals surface area contributed by atoms with Crippen molar-refractivity contribution in [1.82, 2.24) is 4.90 Å². The Balaban J connectivity index is 2.31. The van der Waals surface area contributed by atoms with Crippen LogP contribution in [-0.4, -0.2) is 29.0 Å². The highest BCUT2D eigenvalue weighted by atomic mass is 16.3. The second-order valence-corrected chi connectivity index (χ2v) is 5.27. The number of benzene rings is 1. The summed E-state index contributed by atoms with van der Waals surface area (Å²) in [5.41, 5.74) is 1.19. The van der Waals surface area contributed by atoms with Crippen LogP contribution in [0, 0.1) is 0 Å². The molecule has 1 amide bonds. The molecule has 1 fully saturated rings. The number of carbonyl (C=O) groups excluding carboxylic acids is 1. The van der Waals surface area contributed by atoms with Crippen molar-refractivity contribution >= 4 is 5.91 Å². The van der Waals surface area contributed by atoms with E-state index in [9.17, 15) is 9.90 Å². The van der Waals surface area contributed by atoms with Gasteiger partial charge in [0, 0.05) is 25.4 Å². The van der Waals surface area contributed by atoms with E-state index in [2.05, 4.69) is 13.0 Å². The minimum absolute atomic E-state index is 0.0269. The Morgan fingerprint density at radius 2 is 2.28 bits per heavy atom. The van der Waals surface area contributed by atoms with Crippen LogP contribution in [0.1, 0.15) is 38.7 Å². The Morgan fingerprint density at radius 3 is 2.83 bits per heavy atom. The average Bonchev–Trinajstić information content (AvgIpc) is 2.75. The number of hydrogen-bond donors (Lipinski definition) is 1. The molecule has 1 aliphatic heterocycles. The summed E-state index contributed by atoms with van der Waals surface area (Å²) in [5.74, 6) is 0.456. The first-order chi connectivity index (χ1) is 8.57. The topological polar surface area (TPSA) is 40.5 Å². The SMILES string of the molecule is CCC[C@]1(c2cccc(O)c2)CCN(C(C)=O)C1. The molecule has 0 radical (unpaired) electrons. The van der Waals surface area contributed by atoms with Crippen molar-refractivity contribution in [1.29, 1.82) is 0 Å². The fraction of sp³-hybridized carbons (Fsp3) is 0.533. The van der Waals surface area contributed by atoms with Crippen molar-refractivity contribution in [3.05, 3.63) is 29.8 Å². The second-order valence-electron chi connectivity index (χ2n) is 5.27. The molecular formula is C15H21NO2. The van der Waals surface area contributed by atoms with E-state index >= 15 is 0 Å². The fourth-order valence-corrected chi connectivity index (χ4v) is 3.04. The fourth-order valence-electron chi connectivity index (χ4n) is 3.04. The minimum Gasteiger partial charge on any atom is -0.508 e. The van der Waals surface area contributed by atoms with Gasteiger partial charge in [0.05, 0.1) is 0 Å². The zero-order chi connectivity index (χ0) is 13.2. The normalized spacial score (nSPS) is 23.3. The minimum atomic E-state index is 0.0269. The number of amides is 1. The van der Waals surface area contributed by atoms with Crippen LogP contribution in [0.3, 0.4) is 0 Å². The number of phenolic OH excluding ortho intramolecular Hbond substituents is 1. The monoisotopic (exact) mass is 247 g/mol. The molecule has 0 unspecified atom stereocenters. The van der Waals surface area contributed by atoms with Gasteiger partial charge in [-0.1, -0.05) is 25.5 Å². The summed E-state index contributed by atoms with van der Waals surface area (Å²) in [5, 5.41) is 9.65. The van der Waals surface area contributed by atoms with Crippen molar-refractivity contribution in [2.75, 3.05) is 13.1 Å². The summed E-state index contributed by atoms with van der Waals surface area (Å²) >= 11 is 0. The molecule has 1 N–H and O–H groups in total. The van der Waals surface area contributed by atoms with Crippen molar-refractivity contribution in [2.24, 2.45) is 0 Å². The maximum absolute atomic E-state index is 11.5. The van der Waals surface area contributed by atoms with Gasteiger partial charge in [0.1, 0.15) is 5.75 Å². The van der Waals surface area contributed by atoms with Crippen molar-refractivity contribution in [2.45, 2.75) is 38.5 Å². The molecule has 1 aromatic rings. The van der Waals surface area contributed by atoms with Gasteiger partial charge in [0.25, 0.3) is 0 Å². The Morgan fingerprint density at radius 1 is 1.50 bits per heavy atom. The molecule has 0 saturated carbocycles. The van der Waals surface area contributed by atoms with Gasteiger partial charge in [0.2, 0.25) is 5.91 Å². The Labute approximate surface area is 108 Å². The molecule has 1 aliphatic rings. The lowest BCUT2D eigenvalue weighted by molar-refractivity contribution is -0.128. The van der Waals surface area contributed by atoms with Crippen molar-refractivity contribution < 1.29 is 9.90 Å². The first-order valence-corrected chi connectivity index (χ1v) is 6.62. The van der Waals surface area contributed by atoms with Crippen LogP contribution in [-0.2, 0) is 10.2 Å². The largest absolute Gasteiger partial charge is 0.508 e. The zero-order valence-electron chi connectivity index (χ0n) is 11.1. The highest BCUT2D eigenvalue weighted by Crippen LogP contribution is 2.39. The highest BCUT2D eigenvalue weighted by molar-refractivity contribution is 5.73. The Kier molecular flexibility index (Phi) is 3.60. The number of hydrogen-bond acceptors (Lipinski definition) is 2. The maximum atomic E-state index is 11.5. The van der Waals surface area contributed by atoms with Crippen LogP contribution in [0.5, 0.6) is 5.75 Å². The Bertz CT molecular complexity index is 444. The van der Waals surface area contributed by atoms with Gasteiger partial charge < -0.3 is 10.0 Å². The number of carbonyl (C=O) groups is 1. The number of rotatable bonds is 3. The van der Waals surface area contributed by atoms with Gasteiger partial charge in [-0.25, -0.2) is 0 Å². The molecule has 1 aromatic carbocycles. The molecule has 0 aromatic heterocycles. The number of nitrogens with zero attached hydrogens (tertiary/aromatic N) is 1. The van der Waals surface area contributed by atoms with Crippen LogP contribution in [0.4, 0.5) is 0 Å². The van der Waals surface area contributed by atoms with Crippen LogP contribution in [0.25, 0.3) is 0 Å². The second kappa shape index (κ2) is 5.01. The van der Waals surface area contributed by atoms with E-state index in [-0.39, 0.29) is 11.3 Å². The van der Waals surface area contributed by atoms with Gasteiger partial charge in [-0.3, -0.25) is 4.79 Å². The molecule has 1 heterocycles. The third-order valence-electron chi connectivity index (χ3n) is 3.99. The predicted octanol–water partition coefficient (Wildman–Crippen LogP) is 2.68. The van der Waals surface area contributed by atoms with E-state index < -0.39 is 0 Å². The number of aromatic hydroxyl groups is 1. The third kappa shape index (κ3) is 2.35. The summed E-state index contributed by atoms with van der Waals surface area (Å²) in [6, 6.07) is 7.50. The van der Waals surface area contributed by atoms with Gasteiger partial charge in [-0.05, 0) is 30.5 Å². The third-order valence-corrected chi connectivity index (χ3v) is 3.99. The van der Waals surface area contributed by atoms with Crippen molar-refractivity contribution in [3.8, 4) is 5.75 Å². The smallest absolute Gasteiger partial charge is 0.219 e. The zero-order valence-corrected chi connectivity index (χ0v) is 11.1. The molecule has 18 heavy (non-hydrogen) atoms. The molecule has 2 rings (SSSR count). The van der Waals surface area contributed by atoms with Crippen LogP contribution >= 0.6 is 0 Å². The van der Waals surface area contributed by atoms with Gasteiger partial charge >= 0.3 is 0 Å². The standard InChI is InChI=1S/C15H21NO2/c1-3-7-15(8-9-16(11-15)12(2)17)13-5-4-6-14(18)10-13/h4-6,10,18H,3,7-9,11H2,1-2H3/t15-/m0/s1. The van der Waals surface area contributed by atoms with E-state index in [4.69, 9.17) is 0 Å². The summed E-state index contributed by atoms with van der Waals surface area (Å²) < 4.78 is 0. The molecule has 0 bridgehead atoms. The van der Waals surface area contributed by atoms with Crippen molar-refractivity contribution in [3.63, 3.8) is 0 Å². The van der Waals surface area contributed by atoms with Crippen LogP contribution in [0.2, 0.25) is 0 Å². The van der Waals surface area contributed by atoms with Gasteiger partial charge in [-0.15, -0.1) is 0 Å². The molecule has 1 atom stereocenters. The lowest BCUT2D eigenvalue weighted by Gasteiger charge is -2.29. The first kappa shape index (κ1) is 12.9. The highest BCUT2D eigenvalue weighted by Gasteiger charge is 2.39. The summed E-state index contributed by atoms with van der Waals surface area (Å²) in [4.78, 5) is 13.4. The number of phenols is 1. The predicted molar refractivity (Wildman–Crippen MR) is 71.6 cm³/mol. The van der Waals surface area contributed by atoms with E-state index in [1.807, 2.05) is 17.0 Å². The van der Waals surface area contributed by atoms with E-state index in [1.165, 1.54) is 0 Å². The molecule has 0 spiro atoms. The maximum Gasteiger partial charge on any atom is 0.219 e. The summed E-state index contributed by atoms with van der Waals surface area (Å²) in [7, 11) is 0. The quantitative estimate of drug-likeness (QED) is 0.892. The van der Waals surface area contributed by atoms with E-state index in [0.29, 0.717) is 5.75 Å². The van der Waals surface area contributed by atoms with Gasteiger partial charge in [-0.2, -0.15) is 0 Å². The van der Waals surface area contributed by atoms with Gasteiger partial charge in [0.15, 0.2) is 0 Å². The van der Waals surface area contributed by atoms with E-state index in [0.717, 1.165) is 37.9 Å². The molecule has 3 nitrogen and oxygen atoms in total. The summed E-state index contributed by atoms with van der Waals surface area (Å²) in [6.45, 7) is 5.40. The molecule has 98 valence electrons. The first-order valence-electron chi connectivity index (χ1n) is 6.62. The molecule has 3 heteroatoms.